The van der Waals surface area contributed by atoms with E-state index in [9.17, 15) is 0 Å². The number of benzene rings is 1. The van der Waals surface area contributed by atoms with Gasteiger partial charge in [-0.2, -0.15) is 9.78 Å². The van der Waals surface area contributed by atoms with Crippen LogP contribution >= 0.6 is 0 Å². The minimum absolute atomic E-state index is 0.298. The zero-order valence-corrected chi connectivity index (χ0v) is 23.2. The minimum Gasteiger partial charge on any atom is -0.333 e. The summed E-state index contributed by atoms with van der Waals surface area (Å²) in [6.07, 6.45) is 8.56. The molecule has 0 unspecified atom stereocenters. The molecule has 1 rings (SSSR count). The summed E-state index contributed by atoms with van der Waals surface area (Å²) >= 11 is 0. The SMILES string of the molecule is CCCCOOCCCC.CCCCOOc1ccc(C(C)C)c(C(C)C)c1OOCCCC. The first-order valence-corrected chi connectivity index (χ1v) is 13.4. The van der Waals surface area contributed by atoms with Crippen molar-refractivity contribution in [3.63, 3.8) is 0 Å². The van der Waals surface area contributed by atoms with Gasteiger partial charge in [0.2, 0.25) is 11.5 Å². The van der Waals surface area contributed by atoms with Gasteiger partial charge in [0.15, 0.2) is 0 Å². The highest BCUT2D eigenvalue weighted by Crippen LogP contribution is 2.41. The lowest BCUT2D eigenvalue weighted by atomic mass is 9.89. The van der Waals surface area contributed by atoms with Crippen LogP contribution in [0.2, 0.25) is 0 Å². The number of unbranched alkanes of at least 4 members (excludes halogenated alkanes) is 4. The quantitative estimate of drug-likeness (QED) is 0.111. The molecule has 0 aliphatic heterocycles. The number of hydrogen-bond acceptors (Lipinski definition) is 6. The van der Waals surface area contributed by atoms with Crippen molar-refractivity contribution in [2.24, 2.45) is 0 Å². The highest BCUT2D eigenvalue weighted by atomic mass is 17.2. The third kappa shape index (κ3) is 14.8. The van der Waals surface area contributed by atoms with Gasteiger partial charge in [-0.1, -0.05) is 87.1 Å². The second-order valence-electron chi connectivity index (χ2n) is 9.07. The van der Waals surface area contributed by atoms with Crippen LogP contribution in [0.15, 0.2) is 12.1 Å². The first-order valence-electron chi connectivity index (χ1n) is 13.4. The number of rotatable bonds is 19. The van der Waals surface area contributed by atoms with Crippen LogP contribution in [0.25, 0.3) is 0 Å². The Bertz CT molecular complexity index is 581. The van der Waals surface area contributed by atoms with Crippen LogP contribution in [-0.2, 0) is 19.6 Å². The Hall–Kier alpha value is -1.34. The summed E-state index contributed by atoms with van der Waals surface area (Å²) in [5.41, 5.74) is 2.37. The molecule has 6 heteroatoms. The van der Waals surface area contributed by atoms with Gasteiger partial charge in [0, 0.05) is 5.56 Å². The van der Waals surface area contributed by atoms with Gasteiger partial charge in [0.1, 0.15) is 0 Å². The van der Waals surface area contributed by atoms with E-state index in [4.69, 9.17) is 29.3 Å². The molecule has 1 aromatic rings. The Morgan fingerprint density at radius 2 is 1.00 bits per heavy atom. The topological polar surface area (TPSA) is 55.4 Å². The van der Waals surface area contributed by atoms with Crippen molar-refractivity contribution in [2.45, 2.75) is 119 Å². The third-order valence-corrected chi connectivity index (χ3v) is 5.09. The van der Waals surface area contributed by atoms with Gasteiger partial charge < -0.3 is 9.78 Å². The first-order chi connectivity index (χ1) is 16.4. The Kier molecular flexibility index (Phi) is 21.3. The van der Waals surface area contributed by atoms with E-state index >= 15 is 0 Å². The van der Waals surface area contributed by atoms with Crippen LogP contribution in [0.5, 0.6) is 11.5 Å². The Morgan fingerprint density at radius 3 is 1.41 bits per heavy atom. The molecular formula is C28H52O6. The fraction of sp³-hybridized carbons (Fsp3) is 0.786. The van der Waals surface area contributed by atoms with E-state index in [1.54, 1.807) is 0 Å². The van der Waals surface area contributed by atoms with Crippen LogP contribution in [0.1, 0.15) is 130 Å². The largest absolute Gasteiger partial charge is 0.333 e. The highest BCUT2D eigenvalue weighted by Gasteiger charge is 2.22. The van der Waals surface area contributed by atoms with Gasteiger partial charge in [-0.25, -0.2) is 9.78 Å². The summed E-state index contributed by atoms with van der Waals surface area (Å²) in [6.45, 7) is 19.8. The lowest BCUT2D eigenvalue weighted by Crippen LogP contribution is -2.09. The van der Waals surface area contributed by atoms with Crippen molar-refractivity contribution in [1.29, 1.82) is 0 Å². The van der Waals surface area contributed by atoms with Crippen LogP contribution in [0, 0.1) is 0 Å². The van der Waals surface area contributed by atoms with Crippen LogP contribution in [-0.4, -0.2) is 26.4 Å². The highest BCUT2D eigenvalue weighted by molar-refractivity contribution is 5.52. The zero-order chi connectivity index (χ0) is 25.6. The van der Waals surface area contributed by atoms with Gasteiger partial charge in [0.05, 0.1) is 26.4 Å². The summed E-state index contributed by atoms with van der Waals surface area (Å²) in [6, 6.07) is 4.00. The first kappa shape index (κ1) is 32.7. The molecule has 0 radical (unpaired) electrons. The molecule has 0 amide bonds. The van der Waals surface area contributed by atoms with Crippen molar-refractivity contribution in [2.75, 3.05) is 26.4 Å². The normalized spacial score (nSPS) is 11.0. The molecule has 1 aromatic carbocycles. The molecule has 0 bridgehead atoms. The van der Waals surface area contributed by atoms with E-state index in [0.29, 0.717) is 36.5 Å². The van der Waals surface area contributed by atoms with Gasteiger partial charge in [-0.3, -0.25) is 0 Å². The molecule has 0 aliphatic rings. The van der Waals surface area contributed by atoms with Crippen molar-refractivity contribution in [3.8, 4) is 11.5 Å². The molecule has 6 nitrogen and oxygen atoms in total. The minimum atomic E-state index is 0.298. The molecule has 0 heterocycles. The van der Waals surface area contributed by atoms with Gasteiger partial charge in [0.25, 0.3) is 0 Å². The summed E-state index contributed by atoms with van der Waals surface area (Å²) in [7, 11) is 0. The maximum atomic E-state index is 5.67. The van der Waals surface area contributed by atoms with E-state index in [1.165, 1.54) is 5.56 Å². The van der Waals surface area contributed by atoms with E-state index in [2.05, 4.69) is 61.5 Å². The average molecular weight is 485 g/mol. The van der Waals surface area contributed by atoms with Crippen molar-refractivity contribution >= 4 is 0 Å². The second-order valence-corrected chi connectivity index (χ2v) is 9.07. The van der Waals surface area contributed by atoms with E-state index in [0.717, 1.165) is 70.1 Å². The molecule has 0 saturated carbocycles. The van der Waals surface area contributed by atoms with Crippen molar-refractivity contribution < 1.29 is 29.3 Å². The Balaban J connectivity index is 0.000000916. The monoisotopic (exact) mass is 484 g/mol. The lowest BCUT2D eigenvalue weighted by molar-refractivity contribution is -0.295. The molecule has 0 atom stereocenters. The maximum absolute atomic E-state index is 5.67. The molecule has 0 aliphatic carbocycles. The summed E-state index contributed by atoms with van der Waals surface area (Å²) in [4.78, 5) is 31.7. The fourth-order valence-electron chi connectivity index (χ4n) is 2.98. The maximum Gasteiger partial charge on any atom is 0.215 e. The van der Waals surface area contributed by atoms with Crippen molar-refractivity contribution in [3.05, 3.63) is 23.3 Å². The van der Waals surface area contributed by atoms with Crippen LogP contribution in [0.4, 0.5) is 0 Å². The van der Waals surface area contributed by atoms with Crippen LogP contribution < -0.4 is 9.78 Å². The molecule has 0 saturated heterocycles. The Morgan fingerprint density at radius 1 is 0.559 bits per heavy atom. The molecule has 0 aromatic heterocycles. The molecule has 200 valence electrons. The van der Waals surface area contributed by atoms with E-state index < -0.39 is 0 Å². The molecule has 34 heavy (non-hydrogen) atoms. The molecule has 0 fully saturated rings. The lowest BCUT2D eigenvalue weighted by Gasteiger charge is -2.21. The predicted octanol–water partition coefficient (Wildman–Crippen LogP) is 8.69. The van der Waals surface area contributed by atoms with Gasteiger partial charge in [-0.15, -0.1) is 0 Å². The second kappa shape index (κ2) is 22.1. The van der Waals surface area contributed by atoms with Gasteiger partial charge in [-0.05, 0) is 49.1 Å². The summed E-state index contributed by atoms with van der Waals surface area (Å²) in [5, 5.41) is 0. The van der Waals surface area contributed by atoms with E-state index in [-0.39, 0.29) is 0 Å². The van der Waals surface area contributed by atoms with Crippen molar-refractivity contribution in [1.82, 2.24) is 0 Å². The smallest absolute Gasteiger partial charge is 0.215 e. The van der Waals surface area contributed by atoms with Crippen LogP contribution in [0.3, 0.4) is 0 Å². The summed E-state index contributed by atoms with van der Waals surface area (Å²) < 4.78 is 0. The number of hydrogen-bond donors (Lipinski definition) is 0. The third-order valence-electron chi connectivity index (χ3n) is 5.09. The molecular weight excluding hydrogens is 432 g/mol. The zero-order valence-electron chi connectivity index (χ0n) is 23.2. The average Bonchev–Trinajstić information content (AvgIpc) is 2.82. The molecule has 0 N–H and O–H groups in total. The standard InChI is InChI=1S/C20H34O4.C8H18O2/c1-7-9-13-21-23-18-12-11-17(15(3)4)19(16(5)6)20(18)24-22-14-10-8-2;1-3-5-7-9-10-8-6-4-2/h11-12,15-16H,7-10,13-14H2,1-6H3;3-8H2,1-2H3. The van der Waals surface area contributed by atoms with Gasteiger partial charge >= 0.3 is 0 Å². The molecule has 0 spiro atoms. The van der Waals surface area contributed by atoms with E-state index in [1.807, 2.05) is 6.07 Å². The predicted molar refractivity (Wildman–Crippen MR) is 139 cm³/mol. The fourth-order valence-corrected chi connectivity index (χ4v) is 2.98. The Labute approximate surface area is 209 Å². The summed E-state index contributed by atoms with van der Waals surface area (Å²) in [5.74, 6) is 1.92.